The van der Waals surface area contributed by atoms with Crippen molar-refractivity contribution in [3.63, 3.8) is 0 Å². The van der Waals surface area contributed by atoms with Crippen LogP contribution >= 0.6 is 0 Å². The molecule has 2 rings (SSSR count). The first-order valence-electron chi connectivity index (χ1n) is 4.89. The van der Waals surface area contributed by atoms with Crippen molar-refractivity contribution in [2.24, 2.45) is 0 Å². The fourth-order valence-corrected chi connectivity index (χ4v) is 1.87. The van der Waals surface area contributed by atoms with Gasteiger partial charge in [0.1, 0.15) is 18.3 Å². The Kier molecular flexibility index (Phi) is 3.04. The van der Waals surface area contributed by atoms with Crippen molar-refractivity contribution >= 4 is 0 Å². The standard InChI is InChI=1S/C9H16O5/c1-5-11-4-8-9(14-5)7(3-10)12-6(2)13-8/h5-10H,3-4H2,1-2H3/t5-,6-,7-,8-,9-/m0/s1. The van der Waals surface area contributed by atoms with Crippen molar-refractivity contribution in [2.75, 3.05) is 13.2 Å². The molecular formula is C9H16O5. The number of fused-ring (bicyclic) bond motifs is 1. The summed E-state index contributed by atoms with van der Waals surface area (Å²) in [6.07, 6.45) is -1.23. The van der Waals surface area contributed by atoms with E-state index in [2.05, 4.69) is 0 Å². The third-order valence-electron chi connectivity index (χ3n) is 2.49. The van der Waals surface area contributed by atoms with Crippen molar-refractivity contribution < 1.29 is 24.1 Å². The third-order valence-corrected chi connectivity index (χ3v) is 2.49. The minimum Gasteiger partial charge on any atom is -0.394 e. The first-order chi connectivity index (χ1) is 6.70. The molecule has 0 saturated carbocycles. The number of aliphatic hydroxyl groups is 1. The van der Waals surface area contributed by atoms with Gasteiger partial charge in [0.05, 0.1) is 13.2 Å². The maximum absolute atomic E-state index is 9.13. The molecule has 14 heavy (non-hydrogen) atoms. The Hall–Kier alpha value is -0.200. The van der Waals surface area contributed by atoms with E-state index in [9.17, 15) is 0 Å². The first kappa shape index (κ1) is 10.3. The molecular weight excluding hydrogens is 188 g/mol. The minimum absolute atomic E-state index is 0.0540. The normalized spacial score (nSPS) is 48.6. The average molecular weight is 204 g/mol. The summed E-state index contributed by atoms with van der Waals surface area (Å²) in [4.78, 5) is 0. The van der Waals surface area contributed by atoms with Gasteiger partial charge in [0, 0.05) is 0 Å². The molecule has 2 aliphatic heterocycles. The molecule has 2 aliphatic rings. The van der Waals surface area contributed by atoms with Gasteiger partial charge in [-0.2, -0.15) is 0 Å². The lowest BCUT2D eigenvalue weighted by Crippen LogP contribution is -2.57. The maximum Gasteiger partial charge on any atom is 0.156 e. The number of hydrogen-bond donors (Lipinski definition) is 1. The van der Waals surface area contributed by atoms with Gasteiger partial charge in [0.25, 0.3) is 0 Å². The molecule has 0 unspecified atom stereocenters. The molecule has 82 valence electrons. The zero-order valence-corrected chi connectivity index (χ0v) is 8.38. The lowest BCUT2D eigenvalue weighted by atomic mass is 10.1. The van der Waals surface area contributed by atoms with Crippen LogP contribution in [0.3, 0.4) is 0 Å². The van der Waals surface area contributed by atoms with Gasteiger partial charge in [-0.15, -0.1) is 0 Å². The molecule has 0 spiro atoms. The highest BCUT2D eigenvalue weighted by Gasteiger charge is 2.42. The highest BCUT2D eigenvalue weighted by atomic mass is 16.8. The summed E-state index contributed by atoms with van der Waals surface area (Å²) >= 11 is 0. The zero-order valence-electron chi connectivity index (χ0n) is 8.38. The maximum atomic E-state index is 9.13. The van der Waals surface area contributed by atoms with Crippen molar-refractivity contribution in [3.8, 4) is 0 Å². The average Bonchev–Trinajstić information content (AvgIpc) is 2.17. The van der Waals surface area contributed by atoms with E-state index in [1.165, 1.54) is 0 Å². The van der Waals surface area contributed by atoms with Crippen LogP contribution < -0.4 is 0 Å². The summed E-state index contributed by atoms with van der Waals surface area (Å²) in [5, 5.41) is 9.13. The van der Waals surface area contributed by atoms with E-state index >= 15 is 0 Å². The molecule has 5 heteroatoms. The molecule has 2 fully saturated rings. The Morgan fingerprint density at radius 2 is 1.93 bits per heavy atom. The second-order valence-corrected chi connectivity index (χ2v) is 3.60. The van der Waals surface area contributed by atoms with Crippen LogP contribution in [0.4, 0.5) is 0 Å². The summed E-state index contributed by atoms with van der Waals surface area (Å²) < 4.78 is 21.7. The minimum atomic E-state index is -0.311. The highest BCUT2D eigenvalue weighted by Crippen LogP contribution is 2.26. The Morgan fingerprint density at radius 3 is 2.64 bits per heavy atom. The molecule has 0 aromatic heterocycles. The predicted octanol–water partition coefficient (Wildman–Crippen LogP) is -0.130. The van der Waals surface area contributed by atoms with Gasteiger partial charge in [-0.25, -0.2) is 0 Å². The first-order valence-corrected chi connectivity index (χ1v) is 4.89. The van der Waals surface area contributed by atoms with Gasteiger partial charge in [-0.05, 0) is 13.8 Å². The Bertz CT molecular complexity index is 190. The Balaban J connectivity index is 2.04. The quantitative estimate of drug-likeness (QED) is 0.644. The summed E-state index contributed by atoms with van der Waals surface area (Å²) in [5.74, 6) is 0. The van der Waals surface area contributed by atoms with Crippen LogP contribution in [-0.4, -0.2) is 49.2 Å². The third kappa shape index (κ3) is 1.92. The van der Waals surface area contributed by atoms with Gasteiger partial charge >= 0.3 is 0 Å². The molecule has 0 aromatic rings. The van der Waals surface area contributed by atoms with Crippen LogP contribution in [-0.2, 0) is 18.9 Å². The zero-order chi connectivity index (χ0) is 10.1. The van der Waals surface area contributed by atoms with Gasteiger partial charge in [-0.1, -0.05) is 0 Å². The molecule has 5 nitrogen and oxygen atoms in total. The van der Waals surface area contributed by atoms with Gasteiger partial charge in [0.15, 0.2) is 12.6 Å². The van der Waals surface area contributed by atoms with E-state index in [1.807, 2.05) is 6.92 Å². The SMILES string of the molecule is C[C@H]1O[C@@H](CO)[C@@H]2O[C@@H](C)OC[C@@H]2O1. The number of aliphatic hydroxyl groups excluding tert-OH is 1. The Labute approximate surface area is 82.9 Å². The van der Waals surface area contributed by atoms with Crippen LogP contribution in [0, 0.1) is 0 Å². The summed E-state index contributed by atoms with van der Waals surface area (Å²) in [6, 6.07) is 0. The predicted molar refractivity (Wildman–Crippen MR) is 46.6 cm³/mol. The van der Waals surface area contributed by atoms with Crippen molar-refractivity contribution in [3.05, 3.63) is 0 Å². The molecule has 0 bridgehead atoms. The second-order valence-electron chi connectivity index (χ2n) is 3.60. The van der Waals surface area contributed by atoms with Crippen molar-refractivity contribution in [1.29, 1.82) is 0 Å². The number of rotatable bonds is 1. The fourth-order valence-electron chi connectivity index (χ4n) is 1.87. The van der Waals surface area contributed by atoms with Crippen molar-refractivity contribution in [2.45, 2.75) is 44.7 Å². The van der Waals surface area contributed by atoms with E-state index in [-0.39, 0.29) is 37.5 Å². The van der Waals surface area contributed by atoms with Crippen LogP contribution in [0.2, 0.25) is 0 Å². The van der Waals surface area contributed by atoms with Gasteiger partial charge < -0.3 is 24.1 Å². The summed E-state index contributed by atoms with van der Waals surface area (Å²) in [7, 11) is 0. The lowest BCUT2D eigenvalue weighted by Gasteiger charge is -2.44. The van der Waals surface area contributed by atoms with Crippen LogP contribution in [0.1, 0.15) is 13.8 Å². The number of ether oxygens (including phenoxy) is 4. The molecule has 0 aliphatic carbocycles. The fraction of sp³-hybridized carbons (Fsp3) is 1.00. The van der Waals surface area contributed by atoms with E-state index in [0.717, 1.165) is 0 Å². The smallest absolute Gasteiger partial charge is 0.156 e. The molecule has 2 saturated heterocycles. The molecule has 5 atom stereocenters. The second kappa shape index (κ2) is 4.12. The summed E-state index contributed by atoms with van der Waals surface area (Å²) in [5.41, 5.74) is 0. The van der Waals surface area contributed by atoms with Crippen LogP contribution in [0.15, 0.2) is 0 Å². The lowest BCUT2D eigenvalue weighted by molar-refractivity contribution is -0.353. The molecule has 0 radical (unpaired) electrons. The molecule has 0 amide bonds. The van der Waals surface area contributed by atoms with E-state index in [4.69, 9.17) is 24.1 Å². The largest absolute Gasteiger partial charge is 0.394 e. The van der Waals surface area contributed by atoms with Crippen molar-refractivity contribution in [1.82, 2.24) is 0 Å². The molecule has 1 N–H and O–H groups in total. The Morgan fingerprint density at radius 1 is 1.14 bits per heavy atom. The number of hydrogen-bond acceptors (Lipinski definition) is 5. The van der Waals surface area contributed by atoms with Crippen LogP contribution in [0.25, 0.3) is 0 Å². The van der Waals surface area contributed by atoms with E-state index in [1.54, 1.807) is 6.92 Å². The van der Waals surface area contributed by atoms with Gasteiger partial charge in [0.2, 0.25) is 0 Å². The van der Waals surface area contributed by atoms with E-state index in [0.29, 0.717) is 6.61 Å². The monoisotopic (exact) mass is 204 g/mol. The topological polar surface area (TPSA) is 57.2 Å². The summed E-state index contributed by atoms with van der Waals surface area (Å²) in [6.45, 7) is 4.07. The van der Waals surface area contributed by atoms with Gasteiger partial charge in [-0.3, -0.25) is 0 Å². The molecule has 0 aromatic carbocycles. The van der Waals surface area contributed by atoms with E-state index < -0.39 is 0 Å². The molecule has 2 heterocycles. The highest BCUT2D eigenvalue weighted by molar-refractivity contribution is 4.85. The van der Waals surface area contributed by atoms with Crippen LogP contribution in [0.5, 0.6) is 0 Å².